The van der Waals surface area contributed by atoms with Gasteiger partial charge in [0.25, 0.3) is 5.91 Å². The van der Waals surface area contributed by atoms with E-state index in [4.69, 9.17) is 9.47 Å². The topological polar surface area (TPSA) is 64.6 Å². The molecular weight excluding hydrogens is 330 g/mol. The molecule has 0 spiro atoms. The smallest absolute Gasteiger partial charge is 0.325 e. The van der Waals surface area contributed by atoms with E-state index in [1.54, 1.807) is 0 Å². The molecule has 0 bridgehead atoms. The molecule has 0 aliphatic carbocycles. The molecule has 1 amide bonds. The summed E-state index contributed by atoms with van der Waals surface area (Å²) in [6.45, 7) is 6.25. The maximum absolute atomic E-state index is 11.8. The maximum Gasteiger partial charge on any atom is 0.325 e. The van der Waals surface area contributed by atoms with E-state index in [0.717, 1.165) is 5.56 Å². The molecule has 1 N–H and O–H groups in total. The molecule has 0 atom stereocenters. The van der Waals surface area contributed by atoms with Crippen LogP contribution >= 0.6 is 0 Å². The van der Waals surface area contributed by atoms with Gasteiger partial charge < -0.3 is 14.8 Å². The zero-order valence-corrected chi connectivity index (χ0v) is 15.5. The first-order chi connectivity index (χ1) is 12.3. The van der Waals surface area contributed by atoms with Crippen LogP contribution in [0.3, 0.4) is 0 Å². The quantitative estimate of drug-likeness (QED) is 0.775. The molecule has 0 aliphatic heterocycles. The van der Waals surface area contributed by atoms with Crippen molar-refractivity contribution < 1.29 is 19.1 Å². The summed E-state index contributed by atoms with van der Waals surface area (Å²) < 4.78 is 10.5. The number of esters is 1. The molecule has 0 saturated heterocycles. The second-order valence-electron chi connectivity index (χ2n) is 6.99. The normalized spacial score (nSPS) is 10.9. The van der Waals surface area contributed by atoms with Gasteiger partial charge in [-0.3, -0.25) is 9.59 Å². The van der Waals surface area contributed by atoms with Gasteiger partial charge in [-0.15, -0.1) is 0 Å². The van der Waals surface area contributed by atoms with Gasteiger partial charge in [0.2, 0.25) is 0 Å². The lowest BCUT2D eigenvalue weighted by Gasteiger charge is -2.19. The van der Waals surface area contributed by atoms with E-state index in [-0.39, 0.29) is 31.1 Å². The van der Waals surface area contributed by atoms with Gasteiger partial charge in [0, 0.05) is 0 Å². The van der Waals surface area contributed by atoms with E-state index in [1.165, 1.54) is 5.56 Å². The summed E-state index contributed by atoms with van der Waals surface area (Å²) in [4.78, 5) is 23.4. The first-order valence-electron chi connectivity index (χ1n) is 8.54. The third-order valence-electron chi connectivity index (χ3n) is 3.76. The lowest BCUT2D eigenvalue weighted by Crippen LogP contribution is -2.34. The molecular formula is C21H25NO4. The lowest BCUT2D eigenvalue weighted by atomic mass is 9.87. The Kier molecular flexibility index (Phi) is 6.78. The Morgan fingerprint density at radius 2 is 1.62 bits per heavy atom. The molecule has 5 nitrogen and oxygen atoms in total. The molecule has 2 rings (SSSR count). The highest BCUT2D eigenvalue weighted by atomic mass is 16.5. The number of ether oxygens (including phenoxy) is 2. The largest absolute Gasteiger partial charge is 0.484 e. The average Bonchev–Trinajstić information content (AvgIpc) is 2.63. The zero-order chi connectivity index (χ0) is 19.0. The molecule has 5 heteroatoms. The Balaban J connectivity index is 1.67. The van der Waals surface area contributed by atoms with Gasteiger partial charge in [0.05, 0.1) is 0 Å². The van der Waals surface area contributed by atoms with Gasteiger partial charge in [0.1, 0.15) is 18.9 Å². The van der Waals surface area contributed by atoms with Crippen LogP contribution in [0.1, 0.15) is 31.9 Å². The number of carbonyl (C=O) groups excluding carboxylic acids is 2. The molecule has 0 unspecified atom stereocenters. The maximum atomic E-state index is 11.8. The van der Waals surface area contributed by atoms with E-state index in [2.05, 4.69) is 26.1 Å². The number of nitrogens with one attached hydrogen (secondary N) is 1. The van der Waals surface area contributed by atoms with Crippen LogP contribution in [0.2, 0.25) is 0 Å². The average molecular weight is 355 g/mol. The number of benzene rings is 2. The van der Waals surface area contributed by atoms with E-state index in [1.807, 2.05) is 54.6 Å². The van der Waals surface area contributed by atoms with E-state index in [9.17, 15) is 9.59 Å². The summed E-state index contributed by atoms with van der Waals surface area (Å²) in [5.41, 5.74) is 2.15. The standard InChI is InChI=1S/C21H25NO4/c1-21(2,3)17-9-11-18(12-10-17)25-15-19(23)22-13-20(24)26-14-16-7-5-4-6-8-16/h4-12H,13-15H2,1-3H3,(H,22,23). The summed E-state index contributed by atoms with van der Waals surface area (Å²) in [7, 11) is 0. The fourth-order valence-corrected chi connectivity index (χ4v) is 2.21. The Labute approximate surface area is 154 Å². The van der Waals surface area contributed by atoms with E-state index < -0.39 is 5.97 Å². The fraction of sp³-hybridized carbons (Fsp3) is 0.333. The highest BCUT2D eigenvalue weighted by molar-refractivity contribution is 5.82. The predicted octanol–water partition coefficient (Wildman–Crippen LogP) is 3.22. The van der Waals surface area contributed by atoms with Crippen LogP contribution in [0.25, 0.3) is 0 Å². The van der Waals surface area contributed by atoms with Crippen LogP contribution in [0.5, 0.6) is 5.75 Å². The minimum atomic E-state index is -0.489. The highest BCUT2D eigenvalue weighted by Gasteiger charge is 2.13. The molecule has 0 radical (unpaired) electrons. The second-order valence-corrected chi connectivity index (χ2v) is 6.99. The van der Waals surface area contributed by atoms with Crippen molar-refractivity contribution in [3.05, 3.63) is 65.7 Å². The van der Waals surface area contributed by atoms with Crippen LogP contribution in [-0.4, -0.2) is 25.0 Å². The zero-order valence-electron chi connectivity index (χ0n) is 15.5. The van der Waals surface area contributed by atoms with Crippen LogP contribution < -0.4 is 10.1 Å². The molecule has 0 heterocycles. The Hall–Kier alpha value is -2.82. The third kappa shape index (κ3) is 6.59. The van der Waals surface area contributed by atoms with E-state index in [0.29, 0.717) is 5.75 Å². The summed E-state index contributed by atoms with van der Waals surface area (Å²) in [5.74, 6) is -0.252. The Bertz CT molecular complexity index is 718. The summed E-state index contributed by atoms with van der Waals surface area (Å²) in [6, 6.07) is 17.0. The van der Waals surface area contributed by atoms with Gasteiger partial charge in [0.15, 0.2) is 6.61 Å². The number of hydrogen-bond donors (Lipinski definition) is 1. The van der Waals surface area contributed by atoms with Gasteiger partial charge >= 0.3 is 5.97 Å². The van der Waals surface area contributed by atoms with E-state index >= 15 is 0 Å². The minimum Gasteiger partial charge on any atom is -0.484 e. The molecule has 0 fully saturated rings. The SMILES string of the molecule is CC(C)(C)c1ccc(OCC(=O)NCC(=O)OCc2ccccc2)cc1. The summed E-state index contributed by atoms with van der Waals surface area (Å²) in [5, 5.41) is 2.49. The van der Waals surface area contributed by atoms with Crippen LogP contribution in [0, 0.1) is 0 Å². The van der Waals surface area contributed by atoms with Crippen molar-refractivity contribution in [3.8, 4) is 5.75 Å². The van der Waals surface area contributed by atoms with Crippen LogP contribution in [-0.2, 0) is 26.3 Å². The van der Waals surface area contributed by atoms with Gasteiger partial charge in [-0.25, -0.2) is 0 Å². The monoisotopic (exact) mass is 355 g/mol. The molecule has 2 aromatic rings. The molecule has 0 aliphatic rings. The van der Waals surface area contributed by atoms with Crippen LogP contribution in [0.4, 0.5) is 0 Å². The minimum absolute atomic E-state index is 0.0655. The summed E-state index contributed by atoms with van der Waals surface area (Å²) >= 11 is 0. The molecule has 0 saturated carbocycles. The molecule has 138 valence electrons. The third-order valence-corrected chi connectivity index (χ3v) is 3.76. The fourth-order valence-electron chi connectivity index (χ4n) is 2.21. The van der Waals surface area contributed by atoms with Gasteiger partial charge in [-0.1, -0.05) is 63.2 Å². The van der Waals surface area contributed by atoms with Gasteiger partial charge in [-0.2, -0.15) is 0 Å². The molecule has 0 aromatic heterocycles. The van der Waals surface area contributed by atoms with Crippen molar-refractivity contribution in [2.45, 2.75) is 32.8 Å². The molecule has 2 aromatic carbocycles. The second kappa shape index (κ2) is 9.04. The van der Waals surface area contributed by atoms with Crippen molar-refractivity contribution in [1.82, 2.24) is 5.32 Å². The lowest BCUT2D eigenvalue weighted by molar-refractivity contribution is -0.145. The number of carbonyl (C=O) groups is 2. The Morgan fingerprint density at radius 1 is 0.962 bits per heavy atom. The van der Waals surface area contributed by atoms with Crippen molar-refractivity contribution >= 4 is 11.9 Å². The van der Waals surface area contributed by atoms with Crippen molar-refractivity contribution in [2.24, 2.45) is 0 Å². The first-order valence-corrected chi connectivity index (χ1v) is 8.54. The number of amides is 1. The predicted molar refractivity (Wildman–Crippen MR) is 99.9 cm³/mol. The van der Waals surface area contributed by atoms with Crippen molar-refractivity contribution in [3.63, 3.8) is 0 Å². The van der Waals surface area contributed by atoms with Crippen molar-refractivity contribution in [1.29, 1.82) is 0 Å². The summed E-state index contributed by atoms with van der Waals surface area (Å²) in [6.07, 6.45) is 0. The number of hydrogen-bond acceptors (Lipinski definition) is 4. The first kappa shape index (κ1) is 19.5. The van der Waals surface area contributed by atoms with Crippen molar-refractivity contribution in [2.75, 3.05) is 13.2 Å². The van der Waals surface area contributed by atoms with Gasteiger partial charge in [-0.05, 0) is 28.7 Å². The number of rotatable bonds is 7. The molecule has 26 heavy (non-hydrogen) atoms. The van der Waals surface area contributed by atoms with Crippen LogP contribution in [0.15, 0.2) is 54.6 Å². The highest BCUT2D eigenvalue weighted by Crippen LogP contribution is 2.24. The Morgan fingerprint density at radius 3 is 2.23 bits per heavy atom.